The summed E-state index contributed by atoms with van der Waals surface area (Å²) in [6.07, 6.45) is 2.07. The molecule has 0 aliphatic rings. The van der Waals surface area contributed by atoms with E-state index in [1.165, 1.54) is 17.0 Å². The van der Waals surface area contributed by atoms with Gasteiger partial charge in [0.05, 0.1) is 6.61 Å². The smallest absolute Gasteiger partial charge is 0.408 e. The lowest BCUT2D eigenvalue weighted by Crippen LogP contribution is -2.54. The highest BCUT2D eigenvalue weighted by Crippen LogP contribution is 2.29. The SMILES string of the molecule is CCCCCNC(=O)C(c1c(C)cccc1C)N(CCO)C(=O)C(Cc1ccc(O)cc1)NC(=O)OC(C)(C)C. The molecule has 2 aromatic carbocycles. The number of alkyl carbamates (subject to hydrolysis) is 1. The lowest BCUT2D eigenvalue weighted by atomic mass is 9.93. The number of aliphatic hydroxyl groups is 1. The Morgan fingerprint density at radius 3 is 2.17 bits per heavy atom. The number of phenols is 1. The zero-order valence-corrected chi connectivity index (χ0v) is 24.6. The average Bonchev–Trinajstić information content (AvgIpc) is 2.87. The van der Waals surface area contributed by atoms with Crippen molar-refractivity contribution < 1.29 is 29.3 Å². The quantitative estimate of drug-likeness (QED) is 0.273. The summed E-state index contributed by atoms with van der Waals surface area (Å²) in [5, 5.41) is 25.4. The van der Waals surface area contributed by atoms with Crippen LogP contribution >= 0.6 is 0 Å². The molecule has 0 fully saturated rings. The molecule has 220 valence electrons. The molecule has 0 aliphatic carbocycles. The fourth-order valence-electron chi connectivity index (χ4n) is 4.56. The Bertz CT molecular complexity index is 1110. The minimum Gasteiger partial charge on any atom is -0.508 e. The number of aromatic hydroxyl groups is 1. The van der Waals surface area contributed by atoms with Crippen molar-refractivity contribution >= 4 is 17.9 Å². The van der Waals surface area contributed by atoms with Crippen LogP contribution in [0, 0.1) is 13.8 Å². The van der Waals surface area contributed by atoms with Crippen LogP contribution in [-0.2, 0) is 20.7 Å². The molecule has 40 heavy (non-hydrogen) atoms. The monoisotopic (exact) mass is 555 g/mol. The first kappa shape index (κ1) is 32.6. The molecular weight excluding hydrogens is 510 g/mol. The van der Waals surface area contributed by atoms with Crippen molar-refractivity contribution in [2.75, 3.05) is 19.7 Å². The predicted molar refractivity (Wildman–Crippen MR) is 155 cm³/mol. The third-order valence-electron chi connectivity index (χ3n) is 6.44. The molecule has 2 unspecified atom stereocenters. The van der Waals surface area contributed by atoms with Crippen LogP contribution in [0.1, 0.15) is 75.3 Å². The summed E-state index contributed by atoms with van der Waals surface area (Å²) >= 11 is 0. The van der Waals surface area contributed by atoms with Gasteiger partial charge in [0, 0.05) is 19.5 Å². The summed E-state index contributed by atoms with van der Waals surface area (Å²) < 4.78 is 5.43. The number of aryl methyl sites for hydroxylation is 2. The lowest BCUT2D eigenvalue weighted by molar-refractivity contribution is -0.143. The predicted octanol–water partition coefficient (Wildman–Crippen LogP) is 4.31. The maximum Gasteiger partial charge on any atom is 0.408 e. The first-order valence-corrected chi connectivity index (χ1v) is 13.9. The number of carbonyl (C=O) groups excluding carboxylic acids is 3. The molecule has 0 aromatic heterocycles. The molecule has 0 bridgehead atoms. The Labute approximate surface area is 237 Å². The topological polar surface area (TPSA) is 128 Å². The molecule has 9 heteroatoms. The number of hydrogen-bond donors (Lipinski definition) is 4. The van der Waals surface area contributed by atoms with Crippen molar-refractivity contribution in [3.8, 4) is 5.75 Å². The van der Waals surface area contributed by atoms with Crippen molar-refractivity contribution in [1.29, 1.82) is 0 Å². The van der Waals surface area contributed by atoms with Gasteiger partial charge in [-0.25, -0.2) is 4.79 Å². The molecule has 2 atom stereocenters. The van der Waals surface area contributed by atoms with E-state index in [0.717, 1.165) is 30.4 Å². The highest BCUT2D eigenvalue weighted by Gasteiger charge is 2.37. The third kappa shape index (κ3) is 9.86. The number of rotatable bonds is 13. The van der Waals surface area contributed by atoms with E-state index in [0.29, 0.717) is 17.7 Å². The van der Waals surface area contributed by atoms with Gasteiger partial charge in [-0.1, -0.05) is 50.1 Å². The molecule has 0 heterocycles. The second-order valence-electron chi connectivity index (χ2n) is 11.0. The Balaban J connectivity index is 2.54. The molecule has 2 rings (SSSR count). The van der Waals surface area contributed by atoms with Crippen molar-refractivity contribution in [1.82, 2.24) is 15.5 Å². The summed E-state index contributed by atoms with van der Waals surface area (Å²) in [7, 11) is 0. The number of amides is 3. The Morgan fingerprint density at radius 1 is 1.00 bits per heavy atom. The van der Waals surface area contributed by atoms with E-state index in [1.54, 1.807) is 32.9 Å². The van der Waals surface area contributed by atoms with E-state index in [2.05, 4.69) is 17.6 Å². The summed E-state index contributed by atoms with van der Waals surface area (Å²) in [5.74, 6) is -0.816. The van der Waals surface area contributed by atoms with Crippen LogP contribution in [0.3, 0.4) is 0 Å². The molecule has 4 N–H and O–H groups in total. The van der Waals surface area contributed by atoms with E-state index in [4.69, 9.17) is 4.74 Å². The van der Waals surface area contributed by atoms with Crippen LogP contribution in [-0.4, -0.2) is 64.4 Å². The molecule has 0 radical (unpaired) electrons. The zero-order valence-electron chi connectivity index (χ0n) is 24.6. The highest BCUT2D eigenvalue weighted by molar-refractivity contribution is 5.92. The van der Waals surface area contributed by atoms with Crippen molar-refractivity contribution in [3.05, 3.63) is 64.7 Å². The minimum atomic E-state index is -1.11. The number of nitrogens with one attached hydrogen (secondary N) is 2. The maximum absolute atomic E-state index is 14.2. The first-order valence-electron chi connectivity index (χ1n) is 13.9. The van der Waals surface area contributed by atoms with Crippen molar-refractivity contribution in [3.63, 3.8) is 0 Å². The standard InChI is InChI=1S/C31H45N3O6/c1-7-8-9-17-32-28(37)27(26-21(2)11-10-12-22(26)3)34(18-19-35)29(38)25(33-30(39)40-31(4,5)6)20-23-13-15-24(36)16-14-23/h10-16,25,27,35-36H,7-9,17-20H2,1-6H3,(H,32,37)(H,33,39). The minimum absolute atomic E-state index is 0.0727. The molecule has 0 saturated carbocycles. The molecule has 0 saturated heterocycles. The van der Waals surface area contributed by atoms with Crippen molar-refractivity contribution in [2.24, 2.45) is 0 Å². The van der Waals surface area contributed by atoms with Gasteiger partial charge in [-0.2, -0.15) is 0 Å². The zero-order chi connectivity index (χ0) is 29.9. The summed E-state index contributed by atoms with van der Waals surface area (Å²) in [6.45, 7) is 11.0. The maximum atomic E-state index is 14.2. The Hall–Kier alpha value is -3.59. The van der Waals surface area contributed by atoms with E-state index in [-0.39, 0.29) is 31.2 Å². The molecular formula is C31H45N3O6. The van der Waals surface area contributed by atoms with Gasteiger partial charge in [-0.15, -0.1) is 0 Å². The third-order valence-corrected chi connectivity index (χ3v) is 6.44. The van der Waals surface area contributed by atoms with Gasteiger partial charge >= 0.3 is 6.09 Å². The Morgan fingerprint density at radius 2 is 1.62 bits per heavy atom. The number of hydrogen-bond acceptors (Lipinski definition) is 6. The fraction of sp³-hybridized carbons (Fsp3) is 0.516. The average molecular weight is 556 g/mol. The summed E-state index contributed by atoms with van der Waals surface area (Å²) in [5.41, 5.74) is 2.24. The van der Waals surface area contributed by atoms with Gasteiger partial charge in [0.15, 0.2) is 0 Å². The van der Waals surface area contributed by atoms with Gasteiger partial charge in [0.25, 0.3) is 0 Å². The van der Waals surface area contributed by atoms with Gasteiger partial charge in [0.2, 0.25) is 11.8 Å². The van der Waals surface area contributed by atoms with Crippen molar-refractivity contribution in [2.45, 2.75) is 84.9 Å². The van der Waals surface area contributed by atoms with Gasteiger partial charge in [0.1, 0.15) is 23.4 Å². The number of nitrogens with zero attached hydrogens (tertiary/aromatic N) is 1. The first-order chi connectivity index (χ1) is 18.9. The van der Waals surface area contributed by atoms with E-state index >= 15 is 0 Å². The normalized spacial score (nSPS) is 12.8. The van der Waals surface area contributed by atoms with Crippen LogP contribution in [0.25, 0.3) is 0 Å². The van der Waals surface area contributed by atoms with Gasteiger partial charge < -0.3 is 30.5 Å². The van der Waals surface area contributed by atoms with Gasteiger partial charge in [-0.3, -0.25) is 9.59 Å². The molecule has 2 aromatic rings. The number of ether oxygens (including phenoxy) is 1. The van der Waals surface area contributed by atoms with Crippen LogP contribution in [0.4, 0.5) is 4.79 Å². The van der Waals surface area contributed by atoms with Crippen LogP contribution < -0.4 is 10.6 Å². The van der Waals surface area contributed by atoms with E-state index < -0.39 is 29.7 Å². The second-order valence-corrected chi connectivity index (χ2v) is 11.0. The van der Waals surface area contributed by atoms with E-state index in [9.17, 15) is 24.6 Å². The number of benzene rings is 2. The van der Waals surface area contributed by atoms with Crippen LogP contribution in [0.2, 0.25) is 0 Å². The molecule has 3 amide bonds. The highest BCUT2D eigenvalue weighted by atomic mass is 16.6. The summed E-state index contributed by atoms with van der Waals surface area (Å²) in [6, 6.07) is 9.84. The second kappa shape index (κ2) is 15.3. The number of unbranched alkanes of at least 4 members (excludes halogenated alkanes) is 2. The number of phenolic OH excluding ortho intramolecular Hbond substituents is 1. The lowest BCUT2D eigenvalue weighted by Gasteiger charge is -2.35. The molecule has 0 spiro atoms. The van der Waals surface area contributed by atoms with Crippen LogP contribution in [0.5, 0.6) is 5.75 Å². The largest absolute Gasteiger partial charge is 0.508 e. The van der Waals surface area contributed by atoms with Crippen LogP contribution in [0.15, 0.2) is 42.5 Å². The number of aliphatic hydroxyl groups excluding tert-OH is 1. The molecule has 0 aliphatic heterocycles. The number of carbonyl (C=O) groups is 3. The Kier molecular flexibility index (Phi) is 12.4. The fourth-order valence-corrected chi connectivity index (χ4v) is 4.56. The van der Waals surface area contributed by atoms with E-state index in [1.807, 2.05) is 32.0 Å². The molecule has 9 nitrogen and oxygen atoms in total. The van der Waals surface area contributed by atoms with Gasteiger partial charge in [-0.05, 0) is 75.4 Å². The summed E-state index contributed by atoms with van der Waals surface area (Å²) in [4.78, 5) is 42.1.